The smallest absolute Gasteiger partial charge is 0.417 e. The Morgan fingerprint density at radius 3 is 2.48 bits per heavy atom. The van der Waals surface area contributed by atoms with Gasteiger partial charge in [-0.3, -0.25) is 0 Å². The maximum Gasteiger partial charge on any atom is 0.417 e. The molecule has 21 heavy (non-hydrogen) atoms. The molecule has 1 rings (SSSR count). The van der Waals surface area contributed by atoms with E-state index in [1.54, 1.807) is 0 Å². The molecular weight excluding hydrogens is 295 g/mol. The molecule has 0 aliphatic rings. The first-order chi connectivity index (χ1) is 9.66. The minimum Gasteiger partial charge on any atom is -0.462 e. The summed E-state index contributed by atoms with van der Waals surface area (Å²) in [4.78, 5) is 26.5. The summed E-state index contributed by atoms with van der Waals surface area (Å²) >= 11 is 0. The highest BCUT2D eigenvalue weighted by atomic mass is 19.4. The van der Waals surface area contributed by atoms with Crippen molar-refractivity contribution in [3.63, 3.8) is 0 Å². The van der Waals surface area contributed by atoms with E-state index in [1.807, 2.05) is 0 Å². The van der Waals surface area contributed by atoms with Crippen LogP contribution in [0, 0.1) is 0 Å². The van der Waals surface area contributed by atoms with Crippen molar-refractivity contribution in [2.24, 2.45) is 0 Å². The van der Waals surface area contributed by atoms with Crippen LogP contribution in [0.25, 0.3) is 0 Å². The fourth-order valence-corrected chi connectivity index (χ4v) is 1.36. The van der Waals surface area contributed by atoms with Gasteiger partial charge in [0.15, 0.2) is 12.0 Å². The predicted molar refractivity (Wildman–Crippen MR) is 62.3 cm³/mol. The molecule has 1 unspecified atom stereocenters. The first-order valence-electron chi connectivity index (χ1n) is 5.80. The molecule has 0 amide bonds. The van der Waals surface area contributed by atoms with Crippen molar-refractivity contribution < 1.29 is 37.3 Å². The van der Waals surface area contributed by atoms with E-state index in [0.29, 0.717) is 12.3 Å². The Morgan fingerprint density at radius 2 is 2.00 bits per heavy atom. The van der Waals surface area contributed by atoms with Gasteiger partial charge in [0.2, 0.25) is 0 Å². The average molecular weight is 307 g/mol. The molecule has 1 aromatic rings. The Morgan fingerprint density at radius 1 is 1.38 bits per heavy atom. The highest BCUT2D eigenvalue weighted by molar-refractivity contribution is 6.01. The molecule has 6 nitrogen and oxygen atoms in total. The summed E-state index contributed by atoms with van der Waals surface area (Å²) in [7, 11) is 0. The molecule has 0 aliphatic heterocycles. The van der Waals surface area contributed by atoms with Crippen LogP contribution in [-0.4, -0.2) is 34.9 Å². The van der Waals surface area contributed by atoms with Crippen LogP contribution in [0.1, 0.15) is 40.3 Å². The molecule has 0 bridgehead atoms. The maximum atomic E-state index is 12.6. The number of aliphatic hydroxyl groups is 1. The van der Waals surface area contributed by atoms with Gasteiger partial charge in [-0.25, -0.2) is 14.6 Å². The summed E-state index contributed by atoms with van der Waals surface area (Å²) in [6.07, 6.45) is -5.85. The van der Waals surface area contributed by atoms with Gasteiger partial charge >= 0.3 is 18.1 Å². The summed E-state index contributed by atoms with van der Waals surface area (Å²) in [6.45, 7) is 2.47. The molecule has 0 saturated heterocycles. The van der Waals surface area contributed by atoms with Gasteiger partial charge < -0.3 is 14.6 Å². The summed E-state index contributed by atoms with van der Waals surface area (Å²) in [6, 6.07) is 0.448. The molecule has 0 aromatic carbocycles. The second-order valence-electron chi connectivity index (χ2n) is 3.84. The third kappa shape index (κ3) is 4.42. The zero-order valence-electron chi connectivity index (χ0n) is 11.1. The lowest BCUT2D eigenvalue weighted by Crippen LogP contribution is -2.21. The molecule has 9 heteroatoms. The number of aromatic nitrogens is 1. The summed E-state index contributed by atoms with van der Waals surface area (Å²) in [5, 5.41) is 8.93. The predicted octanol–water partition coefficient (Wildman–Crippen LogP) is 1.77. The number of aliphatic hydroxyl groups excluding tert-OH is 1. The van der Waals surface area contributed by atoms with E-state index in [1.165, 1.54) is 6.92 Å². The number of carbonyl (C=O) groups excluding carboxylic acids is 2. The second kappa shape index (κ2) is 6.53. The van der Waals surface area contributed by atoms with Gasteiger partial charge in [-0.05, 0) is 19.9 Å². The number of hydrogen-bond donors (Lipinski definition) is 1. The number of esters is 2. The van der Waals surface area contributed by atoms with Gasteiger partial charge in [0.05, 0.1) is 17.7 Å². The third-order valence-corrected chi connectivity index (χ3v) is 2.18. The maximum absolute atomic E-state index is 12.6. The van der Waals surface area contributed by atoms with Crippen LogP contribution in [0.15, 0.2) is 12.3 Å². The molecule has 1 N–H and O–H groups in total. The van der Waals surface area contributed by atoms with Crippen molar-refractivity contribution in [1.82, 2.24) is 4.98 Å². The first-order valence-corrected chi connectivity index (χ1v) is 5.80. The van der Waals surface area contributed by atoms with Crippen LogP contribution in [0.2, 0.25) is 0 Å². The van der Waals surface area contributed by atoms with Gasteiger partial charge in [-0.2, -0.15) is 13.2 Å². The zero-order valence-corrected chi connectivity index (χ0v) is 11.1. The van der Waals surface area contributed by atoms with Crippen LogP contribution in [0.3, 0.4) is 0 Å². The Hall–Kier alpha value is -2.16. The molecule has 0 saturated carbocycles. The van der Waals surface area contributed by atoms with Crippen LogP contribution in [-0.2, 0) is 15.7 Å². The summed E-state index contributed by atoms with van der Waals surface area (Å²) in [5.41, 5.74) is -2.56. The van der Waals surface area contributed by atoms with E-state index in [9.17, 15) is 22.8 Å². The molecule has 1 heterocycles. The number of nitrogens with zero attached hydrogens (tertiary/aromatic N) is 1. The molecule has 0 radical (unpaired) electrons. The standard InChI is InChI=1S/C12H12F3NO5/c1-3-20-10(18)8-4-7(12(13,14)15)5-16-9(8)11(19)21-6(2)17/h4-6,17H,3H2,1-2H3. The lowest BCUT2D eigenvalue weighted by atomic mass is 10.1. The lowest BCUT2D eigenvalue weighted by molar-refractivity contribution is -0.137. The van der Waals surface area contributed by atoms with Crippen molar-refractivity contribution >= 4 is 11.9 Å². The monoisotopic (exact) mass is 307 g/mol. The minimum atomic E-state index is -4.74. The Bertz CT molecular complexity index is 542. The van der Waals surface area contributed by atoms with Crippen molar-refractivity contribution in [3.8, 4) is 0 Å². The average Bonchev–Trinajstić information content (AvgIpc) is 2.36. The first kappa shape index (κ1) is 16.9. The summed E-state index contributed by atoms with van der Waals surface area (Å²) < 4.78 is 46.8. The van der Waals surface area contributed by atoms with E-state index in [-0.39, 0.29) is 6.61 Å². The number of carbonyl (C=O) groups is 2. The quantitative estimate of drug-likeness (QED) is 0.674. The number of hydrogen-bond acceptors (Lipinski definition) is 6. The molecule has 1 atom stereocenters. The number of alkyl halides is 3. The van der Waals surface area contributed by atoms with Crippen molar-refractivity contribution in [3.05, 3.63) is 29.1 Å². The zero-order chi connectivity index (χ0) is 16.2. The Kier molecular flexibility index (Phi) is 5.25. The van der Waals surface area contributed by atoms with E-state index in [0.717, 1.165) is 6.92 Å². The lowest BCUT2D eigenvalue weighted by Gasteiger charge is -2.12. The minimum absolute atomic E-state index is 0.0973. The molecule has 0 aliphatic carbocycles. The van der Waals surface area contributed by atoms with Crippen molar-refractivity contribution in [2.75, 3.05) is 6.61 Å². The fraction of sp³-hybridized carbons (Fsp3) is 0.417. The van der Waals surface area contributed by atoms with E-state index in [4.69, 9.17) is 5.11 Å². The molecular formula is C12H12F3NO5. The molecule has 0 spiro atoms. The number of pyridine rings is 1. The van der Waals surface area contributed by atoms with Crippen molar-refractivity contribution in [1.29, 1.82) is 0 Å². The SMILES string of the molecule is CCOC(=O)c1cc(C(F)(F)F)cnc1C(=O)OC(C)O. The van der Waals surface area contributed by atoms with Gasteiger partial charge in [0.25, 0.3) is 0 Å². The summed E-state index contributed by atoms with van der Waals surface area (Å²) in [5.74, 6) is -2.38. The highest BCUT2D eigenvalue weighted by Crippen LogP contribution is 2.30. The molecule has 116 valence electrons. The fourth-order valence-electron chi connectivity index (χ4n) is 1.36. The number of halogens is 3. The van der Waals surface area contributed by atoms with Gasteiger partial charge in [0, 0.05) is 6.20 Å². The van der Waals surface area contributed by atoms with Crippen LogP contribution >= 0.6 is 0 Å². The number of ether oxygens (including phenoxy) is 2. The van der Waals surface area contributed by atoms with Gasteiger partial charge in [-0.15, -0.1) is 0 Å². The van der Waals surface area contributed by atoms with Crippen LogP contribution in [0.4, 0.5) is 13.2 Å². The van der Waals surface area contributed by atoms with E-state index < -0.39 is 41.2 Å². The van der Waals surface area contributed by atoms with Crippen LogP contribution < -0.4 is 0 Å². The highest BCUT2D eigenvalue weighted by Gasteiger charge is 2.34. The normalized spacial score (nSPS) is 12.7. The van der Waals surface area contributed by atoms with E-state index >= 15 is 0 Å². The third-order valence-electron chi connectivity index (χ3n) is 2.18. The number of rotatable bonds is 4. The molecule has 1 aromatic heterocycles. The molecule has 0 fully saturated rings. The Labute approximate surface area is 117 Å². The van der Waals surface area contributed by atoms with Gasteiger partial charge in [-0.1, -0.05) is 0 Å². The van der Waals surface area contributed by atoms with Crippen molar-refractivity contribution in [2.45, 2.75) is 26.3 Å². The van der Waals surface area contributed by atoms with E-state index in [2.05, 4.69) is 14.5 Å². The van der Waals surface area contributed by atoms with Crippen LogP contribution in [0.5, 0.6) is 0 Å². The van der Waals surface area contributed by atoms with Gasteiger partial charge in [0.1, 0.15) is 0 Å². The topological polar surface area (TPSA) is 85.7 Å². The second-order valence-corrected chi connectivity index (χ2v) is 3.84. The Balaban J connectivity index is 3.30. The largest absolute Gasteiger partial charge is 0.462 e.